The van der Waals surface area contributed by atoms with E-state index >= 15 is 0 Å². The van der Waals surface area contributed by atoms with E-state index in [1.54, 1.807) is 0 Å². The van der Waals surface area contributed by atoms with Gasteiger partial charge in [-0.1, -0.05) is 158 Å². The zero-order chi connectivity index (χ0) is 35.1. The third-order valence-electron chi connectivity index (χ3n) is 10.3. The Hall–Kier alpha value is -6.91. The number of allylic oxidation sites excluding steroid dienone is 4. The fraction of sp³-hybridized carbons (Fsp3) is 0.0408. The Morgan fingerprint density at radius 1 is 0.472 bits per heavy atom. The van der Waals surface area contributed by atoms with Crippen LogP contribution in [0, 0.1) is 0 Å². The maximum absolute atomic E-state index is 6.43. The molecule has 2 heterocycles. The molecule has 4 nitrogen and oxygen atoms in total. The minimum absolute atomic E-state index is 0.404. The van der Waals surface area contributed by atoms with Gasteiger partial charge in [0.25, 0.3) is 0 Å². The highest BCUT2D eigenvalue weighted by atomic mass is 16.3. The van der Waals surface area contributed by atoms with Gasteiger partial charge in [-0.25, -0.2) is 15.0 Å². The quantitative estimate of drug-likeness (QED) is 0.175. The number of rotatable bonds is 6. The summed E-state index contributed by atoms with van der Waals surface area (Å²) in [6.45, 7) is 0. The highest BCUT2D eigenvalue weighted by Gasteiger charge is 2.19. The predicted octanol–water partition coefficient (Wildman–Crippen LogP) is 12.7. The fourth-order valence-electron chi connectivity index (χ4n) is 7.50. The van der Waals surface area contributed by atoms with E-state index in [0.717, 1.165) is 56.2 Å². The second kappa shape index (κ2) is 13.0. The van der Waals surface area contributed by atoms with Gasteiger partial charge in [-0.05, 0) is 69.3 Å². The van der Waals surface area contributed by atoms with E-state index in [2.05, 4.69) is 140 Å². The first-order valence-corrected chi connectivity index (χ1v) is 18.0. The monoisotopic (exact) mass is 679 g/mol. The van der Waals surface area contributed by atoms with Gasteiger partial charge in [0.05, 0.1) is 0 Å². The van der Waals surface area contributed by atoms with E-state index in [1.165, 1.54) is 27.5 Å². The number of benzene rings is 7. The molecule has 0 radical (unpaired) electrons. The van der Waals surface area contributed by atoms with Crippen LogP contribution < -0.4 is 0 Å². The zero-order valence-electron chi connectivity index (χ0n) is 28.9. The number of furan rings is 1. The van der Waals surface area contributed by atoms with E-state index in [9.17, 15) is 0 Å². The SMILES string of the molecule is C1=CC(c2ccccc2)CC=C1c1ccc(-c2nc(-c3ccccc3)nc(-c3cccc4oc5ccc(-c6ccc7ccccc7c6)cc5c34)n2)cc1. The van der Waals surface area contributed by atoms with Gasteiger partial charge in [0.1, 0.15) is 11.2 Å². The molecule has 0 spiro atoms. The molecule has 1 aliphatic carbocycles. The van der Waals surface area contributed by atoms with Crippen molar-refractivity contribution < 1.29 is 4.42 Å². The first-order chi connectivity index (χ1) is 26.2. The van der Waals surface area contributed by atoms with Crippen molar-refractivity contribution in [1.29, 1.82) is 0 Å². The third-order valence-corrected chi connectivity index (χ3v) is 10.3. The molecule has 0 bridgehead atoms. The van der Waals surface area contributed by atoms with Gasteiger partial charge in [-0.3, -0.25) is 0 Å². The molecular formula is C49H33N3O. The number of fused-ring (bicyclic) bond motifs is 4. The molecule has 9 aromatic rings. The Morgan fingerprint density at radius 3 is 1.89 bits per heavy atom. The molecule has 4 heteroatoms. The molecular weight excluding hydrogens is 647 g/mol. The topological polar surface area (TPSA) is 51.8 Å². The van der Waals surface area contributed by atoms with Crippen LogP contribution in [0.3, 0.4) is 0 Å². The van der Waals surface area contributed by atoms with Crippen LogP contribution in [0.5, 0.6) is 0 Å². The molecule has 1 atom stereocenters. The van der Waals surface area contributed by atoms with E-state index < -0.39 is 0 Å². The lowest BCUT2D eigenvalue weighted by Gasteiger charge is -2.17. The van der Waals surface area contributed by atoms with Gasteiger partial charge in [0, 0.05) is 33.4 Å². The summed E-state index contributed by atoms with van der Waals surface area (Å²) in [6.07, 6.45) is 7.87. The van der Waals surface area contributed by atoms with Gasteiger partial charge in [0.15, 0.2) is 17.5 Å². The maximum Gasteiger partial charge on any atom is 0.164 e. The average molecular weight is 680 g/mol. The zero-order valence-corrected chi connectivity index (χ0v) is 28.9. The molecule has 0 aliphatic heterocycles. The van der Waals surface area contributed by atoms with Crippen molar-refractivity contribution in [2.75, 3.05) is 0 Å². The van der Waals surface area contributed by atoms with Crippen LogP contribution in [0.4, 0.5) is 0 Å². The standard InChI is InChI=1S/C49H33N3O/c1-3-10-32(11-4-1)34-18-20-35(21-19-34)36-22-25-38(26-23-36)48-50-47(37-13-5-2-6-14-37)51-49(52-48)42-16-9-17-45-46(42)43-31-41(28-29-44(43)53-45)40-27-24-33-12-7-8-15-39(33)30-40/h1-18,20-31,34H,19H2. The van der Waals surface area contributed by atoms with Crippen LogP contribution in [0.2, 0.25) is 0 Å². The van der Waals surface area contributed by atoms with E-state index in [1.807, 2.05) is 42.5 Å². The molecule has 0 amide bonds. The average Bonchev–Trinajstić information content (AvgIpc) is 3.62. The highest BCUT2D eigenvalue weighted by molar-refractivity contribution is 6.13. The molecule has 7 aromatic carbocycles. The lowest BCUT2D eigenvalue weighted by atomic mass is 9.88. The summed E-state index contributed by atoms with van der Waals surface area (Å²) in [4.78, 5) is 15.3. The summed E-state index contributed by atoms with van der Waals surface area (Å²) in [6, 6.07) is 57.0. The van der Waals surface area contributed by atoms with Crippen LogP contribution in [0.15, 0.2) is 186 Å². The largest absolute Gasteiger partial charge is 0.456 e. The van der Waals surface area contributed by atoms with Crippen LogP contribution >= 0.6 is 0 Å². The molecule has 0 N–H and O–H groups in total. The van der Waals surface area contributed by atoms with E-state index in [0.29, 0.717) is 23.4 Å². The first kappa shape index (κ1) is 30.9. The highest BCUT2D eigenvalue weighted by Crippen LogP contribution is 2.39. The maximum atomic E-state index is 6.43. The van der Waals surface area contributed by atoms with Gasteiger partial charge in [-0.2, -0.15) is 0 Å². The normalized spacial score (nSPS) is 14.2. The summed E-state index contributed by atoms with van der Waals surface area (Å²) < 4.78 is 6.43. The Balaban J connectivity index is 1.06. The van der Waals surface area contributed by atoms with E-state index in [-0.39, 0.29) is 0 Å². The Labute approximate surface area is 307 Å². The van der Waals surface area contributed by atoms with E-state index in [4.69, 9.17) is 19.4 Å². The first-order valence-electron chi connectivity index (χ1n) is 18.0. The summed E-state index contributed by atoms with van der Waals surface area (Å²) >= 11 is 0. The minimum atomic E-state index is 0.404. The van der Waals surface area contributed by atoms with Gasteiger partial charge in [-0.15, -0.1) is 0 Å². The Kier molecular flexibility index (Phi) is 7.58. The molecule has 0 saturated carbocycles. The predicted molar refractivity (Wildman–Crippen MR) is 217 cm³/mol. The molecule has 10 rings (SSSR count). The van der Waals surface area contributed by atoms with Gasteiger partial charge >= 0.3 is 0 Å². The van der Waals surface area contributed by atoms with Crippen molar-refractivity contribution in [3.05, 3.63) is 193 Å². The molecule has 1 unspecified atom stereocenters. The fourth-order valence-corrected chi connectivity index (χ4v) is 7.50. The van der Waals surface area contributed by atoms with Crippen molar-refractivity contribution in [1.82, 2.24) is 15.0 Å². The van der Waals surface area contributed by atoms with Crippen LogP contribution in [0.1, 0.15) is 23.5 Å². The second-order valence-electron chi connectivity index (χ2n) is 13.6. The number of hydrogen-bond acceptors (Lipinski definition) is 4. The van der Waals surface area contributed by atoms with Crippen molar-refractivity contribution in [3.8, 4) is 45.3 Å². The van der Waals surface area contributed by atoms with Crippen molar-refractivity contribution >= 4 is 38.3 Å². The van der Waals surface area contributed by atoms with Gasteiger partial charge in [0.2, 0.25) is 0 Å². The minimum Gasteiger partial charge on any atom is -0.456 e. The number of aromatic nitrogens is 3. The molecule has 250 valence electrons. The number of hydrogen-bond donors (Lipinski definition) is 0. The Morgan fingerprint density at radius 2 is 1.11 bits per heavy atom. The smallest absolute Gasteiger partial charge is 0.164 e. The molecule has 1 aliphatic rings. The van der Waals surface area contributed by atoms with Crippen molar-refractivity contribution in [3.63, 3.8) is 0 Å². The summed E-state index contributed by atoms with van der Waals surface area (Å²) in [5.74, 6) is 2.26. The van der Waals surface area contributed by atoms with Crippen molar-refractivity contribution in [2.45, 2.75) is 12.3 Å². The molecule has 0 fully saturated rings. The van der Waals surface area contributed by atoms with Crippen LogP contribution in [-0.4, -0.2) is 15.0 Å². The molecule has 0 saturated heterocycles. The lowest BCUT2D eigenvalue weighted by molar-refractivity contribution is 0.669. The lowest BCUT2D eigenvalue weighted by Crippen LogP contribution is -2.01. The van der Waals surface area contributed by atoms with Gasteiger partial charge < -0.3 is 4.42 Å². The van der Waals surface area contributed by atoms with Crippen molar-refractivity contribution in [2.24, 2.45) is 0 Å². The van der Waals surface area contributed by atoms with Crippen LogP contribution in [-0.2, 0) is 0 Å². The molecule has 53 heavy (non-hydrogen) atoms. The summed E-state index contributed by atoms with van der Waals surface area (Å²) in [5, 5.41) is 4.45. The number of nitrogens with zero attached hydrogens (tertiary/aromatic N) is 3. The summed E-state index contributed by atoms with van der Waals surface area (Å²) in [7, 11) is 0. The molecule has 2 aromatic heterocycles. The van der Waals surface area contributed by atoms with Crippen LogP contribution in [0.25, 0.3) is 83.6 Å². The second-order valence-corrected chi connectivity index (χ2v) is 13.6. The third kappa shape index (κ3) is 5.81. The Bertz CT molecular complexity index is 2850. The summed E-state index contributed by atoms with van der Waals surface area (Å²) in [5.41, 5.74) is 10.4.